The second kappa shape index (κ2) is 6.56. The van der Waals surface area contributed by atoms with Crippen LogP contribution in [0.3, 0.4) is 0 Å². The minimum atomic E-state index is -0.663. The van der Waals surface area contributed by atoms with Crippen molar-refractivity contribution in [3.63, 3.8) is 0 Å². The first-order valence-corrected chi connectivity index (χ1v) is 7.60. The first kappa shape index (κ1) is 15.9. The molecule has 0 spiro atoms. The zero-order valence-electron chi connectivity index (χ0n) is 11.7. The Morgan fingerprint density at radius 3 is 2.67 bits per heavy atom. The molecule has 4 nitrogen and oxygen atoms in total. The fraction of sp³-hybridized carbons (Fsp3) is 0.333. The summed E-state index contributed by atoms with van der Waals surface area (Å²) in [6, 6.07) is 7.02. The summed E-state index contributed by atoms with van der Waals surface area (Å²) in [6.45, 7) is 2.00. The normalized spacial score (nSPS) is 15.1. The molecule has 1 aliphatic carbocycles. The molecule has 1 heterocycles. The van der Waals surface area contributed by atoms with Crippen molar-refractivity contribution in [2.75, 3.05) is 5.32 Å². The van der Waals surface area contributed by atoms with E-state index >= 15 is 0 Å². The van der Waals surface area contributed by atoms with Crippen LogP contribution >= 0.6 is 23.7 Å². The first-order chi connectivity index (χ1) is 9.63. The molecule has 1 aliphatic rings. The summed E-state index contributed by atoms with van der Waals surface area (Å²) >= 11 is 1.46. The van der Waals surface area contributed by atoms with E-state index in [2.05, 4.69) is 10.3 Å². The molecule has 3 rings (SSSR count). The van der Waals surface area contributed by atoms with E-state index in [0.29, 0.717) is 11.0 Å². The molecule has 0 saturated heterocycles. The van der Waals surface area contributed by atoms with Gasteiger partial charge in [0.25, 0.3) is 0 Å². The van der Waals surface area contributed by atoms with E-state index in [1.807, 2.05) is 36.6 Å². The van der Waals surface area contributed by atoms with Crippen molar-refractivity contribution in [1.29, 1.82) is 0 Å². The Morgan fingerprint density at radius 1 is 1.38 bits per heavy atom. The van der Waals surface area contributed by atoms with Crippen LogP contribution in [0.1, 0.15) is 41.6 Å². The highest BCUT2D eigenvalue weighted by atomic mass is 35.5. The van der Waals surface area contributed by atoms with E-state index in [4.69, 9.17) is 5.73 Å². The van der Waals surface area contributed by atoms with E-state index in [1.54, 1.807) is 0 Å². The lowest BCUT2D eigenvalue weighted by atomic mass is 10.1. The summed E-state index contributed by atoms with van der Waals surface area (Å²) in [4.78, 5) is 16.6. The molecule has 3 N–H and O–H groups in total. The third kappa shape index (κ3) is 3.81. The van der Waals surface area contributed by atoms with Crippen molar-refractivity contribution in [1.82, 2.24) is 4.98 Å². The Bertz CT molecular complexity index is 622. The lowest BCUT2D eigenvalue weighted by Gasteiger charge is -2.11. The fourth-order valence-corrected chi connectivity index (χ4v) is 2.81. The van der Waals surface area contributed by atoms with Gasteiger partial charge in [0.05, 0.1) is 5.69 Å². The minimum Gasteiger partial charge on any atom is -0.316 e. The number of hydrogen-bond acceptors (Lipinski definition) is 4. The SMILES string of the molecule is Cc1ccc(C(N)C(=O)Nc2nc(C3CC3)cs2)cc1.Cl. The highest BCUT2D eigenvalue weighted by molar-refractivity contribution is 7.13. The smallest absolute Gasteiger partial charge is 0.247 e. The predicted octanol–water partition coefficient (Wildman–Crippen LogP) is 3.39. The molecule has 1 fully saturated rings. The molecule has 21 heavy (non-hydrogen) atoms. The van der Waals surface area contributed by atoms with Gasteiger partial charge in [-0.25, -0.2) is 4.98 Å². The number of aryl methyl sites for hydroxylation is 1. The van der Waals surface area contributed by atoms with Gasteiger partial charge in [-0.05, 0) is 25.3 Å². The third-order valence-corrected chi connectivity index (χ3v) is 4.24. The maximum Gasteiger partial charge on any atom is 0.247 e. The lowest BCUT2D eigenvalue weighted by Crippen LogP contribution is -2.27. The number of benzene rings is 1. The van der Waals surface area contributed by atoms with Gasteiger partial charge in [-0.3, -0.25) is 4.79 Å². The van der Waals surface area contributed by atoms with Crippen molar-refractivity contribution in [3.8, 4) is 0 Å². The van der Waals surface area contributed by atoms with Crippen LogP contribution in [0.4, 0.5) is 5.13 Å². The van der Waals surface area contributed by atoms with Gasteiger partial charge in [-0.15, -0.1) is 23.7 Å². The molecule has 1 unspecified atom stereocenters. The molecule has 1 aromatic heterocycles. The van der Waals surface area contributed by atoms with Crippen molar-refractivity contribution < 1.29 is 4.79 Å². The van der Waals surface area contributed by atoms with Crippen LogP contribution < -0.4 is 11.1 Å². The van der Waals surface area contributed by atoms with E-state index in [1.165, 1.54) is 24.2 Å². The Hall–Kier alpha value is -1.43. The number of carbonyl (C=O) groups excluding carboxylic acids is 1. The second-order valence-corrected chi connectivity index (χ2v) is 6.09. The summed E-state index contributed by atoms with van der Waals surface area (Å²) in [5.74, 6) is 0.383. The molecule has 0 bridgehead atoms. The van der Waals surface area contributed by atoms with Gasteiger partial charge in [0.1, 0.15) is 6.04 Å². The van der Waals surface area contributed by atoms with Crippen LogP contribution in [0.5, 0.6) is 0 Å². The van der Waals surface area contributed by atoms with Crippen LogP contribution in [0.15, 0.2) is 29.6 Å². The number of nitrogens with two attached hydrogens (primary N) is 1. The first-order valence-electron chi connectivity index (χ1n) is 6.72. The summed E-state index contributed by atoms with van der Waals surface area (Å²) in [5, 5.41) is 5.46. The number of anilines is 1. The number of rotatable bonds is 4. The van der Waals surface area contributed by atoms with Gasteiger partial charge < -0.3 is 11.1 Å². The zero-order chi connectivity index (χ0) is 14.1. The Morgan fingerprint density at radius 2 is 2.05 bits per heavy atom. The van der Waals surface area contributed by atoms with Gasteiger partial charge in [0.15, 0.2) is 5.13 Å². The molecule has 2 aromatic rings. The van der Waals surface area contributed by atoms with E-state index in [0.717, 1.165) is 16.8 Å². The maximum absolute atomic E-state index is 12.1. The summed E-state index contributed by atoms with van der Waals surface area (Å²) < 4.78 is 0. The van der Waals surface area contributed by atoms with Gasteiger partial charge in [-0.1, -0.05) is 29.8 Å². The largest absolute Gasteiger partial charge is 0.316 e. The molecule has 0 aliphatic heterocycles. The molecule has 1 aromatic carbocycles. The number of halogens is 1. The third-order valence-electron chi connectivity index (χ3n) is 3.47. The molecular weight excluding hydrogens is 306 g/mol. The van der Waals surface area contributed by atoms with Crippen LogP contribution in [-0.4, -0.2) is 10.9 Å². The monoisotopic (exact) mass is 323 g/mol. The standard InChI is InChI=1S/C15H17N3OS.ClH/c1-9-2-4-11(5-3-9)13(16)14(19)18-15-17-12(8-20-15)10-6-7-10;/h2-5,8,10,13H,6-7,16H2,1H3,(H,17,18,19);1H. The number of carbonyl (C=O) groups is 1. The quantitative estimate of drug-likeness (QED) is 0.906. The molecule has 112 valence electrons. The summed E-state index contributed by atoms with van der Waals surface area (Å²) in [6.07, 6.45) is 2.42. The van der Waals surface area contributed by atoms with Crippen molar-refractivity contribution in [2.24, 2.45) is 5.73 Å². The van der Waals surface area contributed by atoms with Gasteiger partial charge >= 0.3 is 0 Å². The Balaban J connectivity index is 0.00000161. The Labute approximate surface area is 134 Å². The van der Waals surface area contributed by atoms with E-state index in [-0.39, 0.29) is 18.3 Å². The Kier molecular flexibility index (Phi) is 4.98. The van der Waals surface area contributed by atoms with E-state index < -0.39 is 6.04 Å². The average molecular weight is 324 g/mol. The number of nitrogens with zero attached hydrogens (tertiary/aromatic N) is 1. The summed E-state index contributed by atoms with van der Waals surface area (Å²) in [5.41, 5.74) is 9.03. The number of amides is 1. The van der Waals surface area contributed by atoms with Crippen molar-refractivity contribution in [2.45, 2.75) is 31.7 Å². The maximum atomic E-state index is 12.1. The number of thiazole rings is 1. The minimum absolute atomic E-state index is 0. The fourth-order valence-electron chi connectivity index (χ4n) is 2.02. The molecule has 1 saturated carbocycles. The average Bonchev–Trinajstić information content (AvgIpc) is 3.20. The molecule has 6 heteroatoms. The van der Waals surface area contributed by atoms with Gasteiger partial charge in [0.2, 0.25) is 5.91 Å². The number of aromatic nitrogens is 1. The highest BCUT2D eigenvalue weighted by Gasteiger charge is 2.26. The van der Waals surface area contributed by atoms with Crippen LogP contribution in [-0.2, 0) is 4.79 Å². The highest BCUT2D eigenvalue weighted by Crippen LogP contribution is 2.40. The number of hydrogen-bond donors (Lipinski definition) is 2. The number of nitrogens with one attached hydrogen (secondary N) is 1. The van der Waals surface area contributed by atoms with E-state index in [9.17, 15) is 4.79 Å². The van der Waals surface area contributed by atoms with Gasteiger partial charge in [-0.2, -0.15) is 0 Å². The zero-order valence-corrected chi connectivity index (χ0v) is 13.3. The molecule has 0 radical (unpaired) electrons. The lowest BCUT2D eigenvalue weighted by molar-refractivity contribution is -0.117. The molecule has 1 atom stereocenters. The molecular formula is C15H18ClN3OS. The predicted molar refractivity (Wildman–Crippen MR) is 88.1 cm³/mol. The van der Waals surface area contributed by atoms with Crippen LogP contribution in [0.25, 0.3) is 0 Å². The van der Waals surface area contributed by atoms with Crippen LogP contribution in [0.2, 0.25) is 0 Å². The topological polar surface area (TPSA) is 68.0 Å². The molecule has 1 amide bonds. The summed E-state index contributed by atoms with van der Waals surface area (Å²) in [7, 11) is 0. The van der Waals surface area contributed by atoms with Crippen LogP contribution in [0, 0.1) is 6.92 Å². The van der Waals surface area contributed by atoms with Gasteiger partial charge in [0, 0.05) is 11.3 Å². The van der Waals surface area contributed by atoms with Crippen molar-refractivity contribution in [3.05, 3.63) is 46.5 Å². The van der Waals surface area contributed by atoms with Crippen molar-refractivity contribution >= 4 is 34.8 Å². The second-order valence-electron chi connectivity index (χ2n) is 5.23.